The number of hydrogen-bond acceptors (Lipinski definition) is 5. The van der Waals surface area contributed by atoms with Crippen LogP contribution >= 0.6 is 0 Å². The van der Waals surface area contributed by atoms with Crippen LogP contribution in [0.4, 0.5) is 16.0 Å². The summed E-state index contributed by atoms with van der Waals surface area (Å²) < 4.78 is 14.3. The van der Waals surface area contributed by atoms with Crippen LogP contribution < -0.4 is 10.6 Å². The second-order valence-corrected chi connectivity index (χ2v) is 5.45. The molecule has 0 saturated heterocycles. The molecule has 6 heteroatoms. The van der Waals surface area contributed by atoms with Crippen LogP contribution in [0.3, 0.4) is 0 Å². The van der Waals surface area contributed by atoms with Gasteiger partial charge < -0.3 is 10.6 Å². The van der Waals surface area contributed by atoms with Crippen LogP contribution in [0.25, 0.3) is 0 Å². The minimum atomic E-state index is -0.380. The molecule has 0 radical (unpaired) electrons. The number of anilines is 2. The van der Waals surface area contributed by atoms with Gasteiger partial charge in [-0.15, -0.1) is 0 Å². The fraction of sp³-hybridized carbons (Fsp3) is 0.357. The van der Waals surface area contributed by atoms with Gasteiger partial charge in [-0.1, -0.05) is 0 Å². The van der Waals surface area contributed by atoms with Gasteiger partial charge in [0.1, 0.15) is 5.82 Å². The second-order valence-electron chi connectivity index (χ2n) is 5.45. The largest absolute Gasteiger partial charge is 0.321 e. The summed E-state index contributed by atoms with van der Waals surface area (Å²) >= 11 is 0. The Kier molecular flexibility index (Phi) is 4.24. The molecule has 0 atom stereocenters. The molecule has 5 nitrogen and oxygen atoms in total. The van der Waals surface area contributed by atoms with Crippen LogP contribution in [0.15, 0.2) is 30.9 Å². The van der Waals surface area contributed by atoms with Crippen LogP contribution in [-0.2, 0) is 6.54 Å². The third kappa shape index (κ3) is 3.96. The molecule has 0 aromatic carbocycles. The summed E-state index contributed by atoms with van der Waals surface area (Å²) in [6.07, 6.45) is 6.17. The number of nitrogens with one attached hydrogen (secondary N) is 2. The Labute approximate surface area is 117 Å². The van der Waals surface area contributed by atoms with E-state index in [1.165, 1.54) is 12.4 Å². The van der Waals surface area contributed by atoms with Gasteiger partial charge >= 0.3 is 0 Å². The van der Waals surface area contributed by atoms with Gasteiger partial charge in [0.05, 0.1) is 6.20 Å². The molecule has 0 aliphatic rings. The molecule has 0 aliphatic carbocycles. The van der Waals surface area contributed by atoms with Gasteiger partial charge in [0.25, 0.3) is 0 Å². The quantitative estimate of drug-likeness (QED) is 0.898. The second kappa shape index (κ2) is 5.92. The maximum atomic E-state index is 14.3. The van der Waals surface area contributed by atoms with Gasteiger partial charge in [-0.3, -0.25) is 4.98 Å². The molecule has 2 rings (SSSR count). The van der Waals surface area contributed by atoms with Gasteiger partial charge in [-0.2, -0.15) is 0 Å². The minimum Gasteiger partial charge on any atom is -0.321 e. The summed E-state index contributed by atoms with van der Waals surface area (Å²) in [6.45, 7) is 6.54. The lowest BCUT2D eigenvalue weighted by Crippen LogP contribution is -2.35. The topological polar surface area (TPSA) is 62.7 Å². The Morgan fingerprint density at radius 3 is 2.60 bits per heavy atom. The van der Waals surface area contributed by atoms with Crippen LogP contribution in [0, 0.1) is 5.82 Å². The van der Waals surface area contributed by atoms with Crippen molar-refractivity contribution in [2.45, 2.75) is 32.9 Å². The summed E-state index contributed by atoms with van der Waals surface area (Å²) in [6, 6.07) is 1.66. The Bertz CT molecular complexity index is 566. The van der Waals surface area contributed by atoms with Gasteiger partial charge in [0.2, 0.25) is 0 Å². The number of hydrogen-bond donors (Lipinski definition) is 2. The number of rotatable bonds is 4. The lowest BCUT2D eigenvalue weighted by molar-refractivity contribution is 0.418. The fourth-order valence-corrected chi connectivity index (χ4v) is 1.55. The van der Waals surface area contributed by atoms with E-state index in [4.69, 9.17) is 0 Å². The molecule has 106 valence electrons. The SMILES string of the molecule is CC(C)(C)NCc1ccnc(Nc2cnccn2)c1F. The zero-order chi connectivity index (χ0) is 14.6. The predicted octanol–water partition coefficient (Wildman–Crippen LogP) is 2.64. The Hall–Kier alpha value is -2.08. The molecule has 2 aromatic heterocycles. The molecule has 2 heterocycles. The van der Waals surface area contributed by atoms with Crippen molar-refractivity contribution in [3.05, 3.63) is 42.2 Å². The highest BCUT2D eigenvalue weighted by atomic mass is 19.1. The molecule has 0 bridgehead atoms. The van der Waals surface area contributed by atoms with E-state index in [2.05, 4.69) is 25.6 Å². The first-order valence-corrected chi connectivity index (χ1v) is 6.37. The molecular formula is C14H18FN5. The third-order valence-corrected chi connectivity index (χ3v) is 2.59. The zero-order valence-electron chi connectivity index (χ0n) is 11.8. The van der Waals surface area contributed by atoms with Crippen molar-refractivity contribution in [1.29, 1.82) is 0 Å². The average Bonchev–Trinajstić information content (AvgIpc) is 2.40. The van der Waals surface area contributed by atoms with Crippen molar-refractivity contribution < 1.29 is 4.39 Å². The van der Waals surface area contributed by atoms with Crippen molar-refractivity contribution >= 4 is 11.6 Å². The summed E-state index contributed by atoms with van der Waals surface area (Å²) in [5.41, 5.74) is 0.482. The van der Waals surface area contributed by atoms with E-state index in [0.717, 1.165) is 0 Å². The molecule has 20 heavy (non-hydrogen) atoms. The van der Waals surface area contributed by atoms with Crippen molar-refractivity contribution in [3.63, 3.8) is 0 Å². The molecule has 2 N–H and O–H groups in total. The molecule has 0 spiro atoms. The fourth-order valence-electron chi connectivity index (χ4n) is 1.55. The maximum Gasteiger partial charge on any atom is 0.170 e. The smallest absolute Gasteiger partial charge is 0.170 e. The van der Waals surface area contributed by atoms with Gasteiger partial charge in [0, 0.05) is 36.2 Å². The highest BCUT2D eigenvalue weighted by Crippen LogP contribution is 2.18. The number of aromatic nitrogens is 3. The summed E-state index contributed by atoms with van der Waals surface area (Å²) in [5.74, 6) is 0.230. The maximum absolute atomic E-state index is 14.3. The first-order chi connectivity index (χ1) is 9.46. The third-order valence-electron chi connectivity index (χ3n) is 2.59. The lowest BCUT2D eigenvalue weighted by atomic mass is 10.1. The van der Waals surface area contributed by atoms with E-state index in [0.29, 0.717) is 17.9 Å². The molecule has 2 aromatic rings. The monoisotopic (exact) mass is 275 g/mol. The molecule has 0 saturated carbocycles. The van der Waals surface area contributed by atoms with Crippen LogP contribution in [0.5, 0.6) is 0 Å². The molecular weight excluding hydrogens is 257 g/mol. The van der Waals surface area contributed by atoms with Crippen molar-refractivity contribution in [1.82, 2.24) is 20.3 Å². The highest BCUT2D eigenvalue weighted by Gasteiger charge is 2.13. The highest BCUT2D eigenvalue weighted by molar-refractivity contribution is 5.52. The average molecular weight is 275 g/mol. The van der Waals surface area contributed by atoms with Crippen LogP contribution in [0.1, 0.15) is 26.3 Å². The van der Waals surface area contributed by atoms with E-state index in [9.17, 15) is 4.39 Å². The molecule has 0 aliphatic heterocycles. The standard InChI is InChI=1S/C14H18FN5/c1-14(2,3)19-8-10-4-5-18-13(12(10)15)20-11-9-16-6-7-17-11/h4-7,9,19H,8H2,1-3H3,(H,17,18,20). The van der Waals surface area contributed by atoms with Gasteiger partial charge in [-0.05, 0) is 26.8 Å². The summed E-state index contributed by atoms with van der Waals surface area (Å²) in [5, 5.41) is 6.07. The molecule has 0 fully saturated rings. The number of nitrogens with zero attached hydrogens (tertiary/aromatic N) is 3. The molecule has 0 unspecified atom stereocenters. The van der Waals surface area contributed by atoms with Crippen molar-refractivity contribution in [3.8, 4) is 0 Å². The normalized spacial score (nSPS) is 11.4. The van der Waals surface area contributed by atoms with E-state index in [1.807, 2.05) is 20.8 Å². The Morgan fingerprint density at radius 1 is 1.15 bits per heavy atom. The lowest BCUT2D eigenvalue weighted by Gasteiger charge is -2.21. The van der Waals surface area contributed by atoms with E-state index in [-0.39, 0.29) is 17.2 Å². The summed E-state index contributed by atoms with van der Waals surface area (Å²) in [4.78, 5) is 11.9. The number of halogens is 1. The van der Waals surface area contributed by atoms with Crippen molar-refractivity contribution in [2.75, 3.05) is 5.32 Å². The van der Waals surface area contributed by atoms with E-state index >= 15 is 0 Å². The van der Waals surface area contributed by atoms with E-state index < -0.39 is 0 Å². The van der Waals surface area contributed by atoms with Crippen LogP contribution in [0.2, 0.25) is 0 Å². The summed E-state index contributed by atoms with van der Waals surface area (Å²) in [7, 11) is 0. The van der Waals surface area contributed by atoms with Gasteiger partial charge in [-0.25, -0.2) is 14.4 Å². The number of pyridine rings is 1. The predicted molar refractivity (Wildman–Crippen MR) is 76.1 cm³/mol. The van der Waals surface area contributed by atoms with Gasteiger partial charge in [0.15, 0.2) is 11.6 Å². The first-order valence-electron chi connectivity index (χ1n) is 6.37. The minimum absolute atomic E-state index is 0.0752. The van der Waals surface area contributed by atoms with Crippen molar-refractivity contribution in [2.24, 2.45) is 0 Å². The Morgan fingerprint density at radius 2 is 1.95 bits per heavy atom. The van der Waals surface area contributed by atoms with Crippen LogP contribution in [-0.4, -0.2) is 20.5 Å². The first kappa shape index (κ1) is 14.3. The molecule has 0 amide bonds. The zero-order valence-corrected chi connectivity index (χ0v) is 11.8. The Balaban J connectivity index is 2.15. The van der Waals surface area contributed by atoms with E-state index in [1.54, 1.807) is 18.5 Å².